The van der Waals surface area contributed by atoms with E-state index in [4.69, 9.17) is 0 Å². The van der Waals surface area contributed by atoms with Crippen LogP contribution in [0.1, 0.15) is 26.7 Å². The second-order valence-corrected chi connectivity index (χ2v) is 6.71. The highest BCUT2D eigenvalue weighted by Gasteiger charge is 2.35. The normalized spacial score (nSPS) is 21.7. The molecule has 0 radical (unpaired) electrons. The number of aliphatic imine (C=N–C) groups is 1. The molecule has 1 unspecified atom stereocenters. The van der Waals surface area contributed by atoms with Gasteiger partial charge in [0.05, 0.1) is 6.54 Å². The molecule has 1 heterocycles. The zero-order valence-corrected chi connectivity index (χ0v) is 13.1. The lowest BCUT2D eigenvalue weighted by molar-refractivity contribution is 0.773. The second-order valence-electron chi connectivity index (χ2n) is 5.48. The van der Waals surface area contributed by atoms with E-state index >= 15 is 0 Å². The number of thioether (sulfide) groups is 1. The van der Waals surface area contributed by atoms with Gasteiger partial charge in [-0.3, -0.25) is 4.99 Å². The highest BCUT2D eigenvalue weighted by Crippen LogP contribution is 2.41. The van der Waals surface area contributed by atoms with E-state index in [2.05, 4.69) is 53.3 Å². The minimum atomic E-state index is 0.729. The Morgan fingerprint density at radius 1 is 1.20 bits per heavy atom. The molecule has 1 aromatic rings. The maximum atomic E-state index is 4.62. The first kappa shape index (κ1) is 13.8. The van der Waals surface area contributed by atoms with E-state index in [9.17, 15) is 0 Å². The average molecular weight is 289 g/mol. The van der Waals surface area contributed by atoms with E-state index in [1.807, 2.05) is 11.8 Å². The summed E-state index contributed by atoms with van der Waals surface area (Å²) >= 11 is 1.92. The summed E-state index contributed by atoms with van der Waals surface area (Å²) in [5.41, 5.74) is 2.43. The molecule has 20 heavy (non-hydrogen) atoms. The first-order valence-electron chi connectivity index (χ1n) is 7.63. The van der Waals surface area contributed by atoms with Crippen molar-refractivity contribution in [3.8, 4) is 0 Å². The van der Waals surface area contributed by atoms with Gasteiger partial charge >= 0.3 is 0 Å². The van der Waals surface area contributed by atoms with Crippen molar-refractivity contribution >= 4 is 28.3 Å². The Morgan fingerprint density at radius 3 is 2.50 bits per heavy atom. The van der Waals surface area contributed by atoms with Gasteiger partial charge in [-0.25, -0.2) is 0 Å². The summed E-state index contributed by atoms with van der Waals surface area (Å²) in [4.78, 5) is 6.98. The highest BCUT2D eigenvalue weighted by atomic mass is 32.2. The van der Waals surface area contributed by atoms with E-state index in [1.165, 1.54) is 18.5 Å². The molecule has 1 N–H and O–H groups in total. The van der Waals surface area contributed by atoms with Crippen LogP contribution in [0, 0.1) is 5.92 Å². The smallest absolute Gasteiger partial charge is 0.161 e. The number of hydrogen-bond acceptors (Lipinski definition) is 4. The summed E-state index contributed by atoms with van der Waals surface area (Å²) in [5, 5.41) is 5.27. The largest absolute Gasteiger partial charge is 0.372 e. The minimum absolute atomic E-state index is 0.729. The van der Waals surface area contributed by atoms with Crippen LogP contribution in [0.5, 0.6) is 0 Å². The molecule has 108 valence electrons. The summed E-state index contributed by atoms with van der Waals surface area (Å²) in [6.45, 7) is 7.48. The predicted molar refractivity (Wildman–Crippen MR) is 90.0 cm³/mol. The number of rotatable bonds is 5. The van der Waals surface area contributed by atoms with Crippen LogP contribution in [0.25, 0.3) is 0 Å². The standard InChI is InChI=1S/C16H23N3S/c1-3-19(4-2)14-9-7-13(8-10-14)18-16-17-11-15(20-16)12-5-6-12/h7-10,12,15H,3-6,11H2,1-2H3,(H,17,18). The molecule has 1 aliphatic carbocycles. The molecule has 2 aliphatic rings. The van der Waals surface area contributed by atoms with Gasteiger partial charge < -0.3 is 10.2 Å². The van der Waals surface area contributed by atoms with Crippen LogP contribution >= 0.6 is 11.8 Å². The first-order valence-corrected chi connectivity index (χ1v) is 8.51. The Hall–Kier alpha value is -1.16. The summed E-state index contributed by atoms with van der Waals surface area (Å²) < 4.78 is 0. The minimum Gasteiger partial charge on any atom is -0.372 e. The first-order chi connectivity index (χ1) is 9.80. The van der Waals surface area contributed by atoms with Gasteiger partial charge in [0.1, 0.15) is 0 Å². The van der Waals surface area contributed by atoms with Crippen molar-refractivity contribution < 1.29 is 0 Å². The quantitative estimate of drug-likeness (QED) is 0.893. The van der Waals surface area contributed by atoms with E-state index in [1.54, 1.807) is 0 Å². The highest BCUT2D eigenvalue weighted by molar-refractivity contribution is 8.15. The van der Waals surface area contributed by atoms with Gasteiger partial charge in [-0.1, -0.05) is 11.8 Å². The van der Waals surface area contributed by atoms with Crippen LogP contribution in [0.15, 0.2) is 29.3 Å². The molecule has 1 fully saturated rings. The van der Waals surface area contributed by atoms with Crippen LogP contribution in [0.2, 0.25) is 0 Å². The van der Waals surface area contributed by atoms with Gasteiger partial charge in [-0.15, -0.1) is 0 Å². The summed E-state index contributed by atoms with van der Waals surface area (Å²) in [5.74, 6) is 0.924. The van der Waals surface area contributed by atoms with Crippen molar-refractivity contribution in [3.05, 3.63) is 24.3 Å². The number of nitrogens with one attached hydrogen (secondary N) is 1. The lowest BCUT2D eigenvalue weighted by atomic mass is 10.2. The van der Waals surface area contributed by atoms with Crippen molar-refractivity contribution in [2.75, 3.05) is 29.9 Å². The van der Waals surface area contributed by atoms with E-state index in [0.717, 1.165) is 41.7 Å². The van der Waals surface area contributed by atoms with Crippen molar-refractivity contribution in [1.82, 2.24) is 0 Å². The third-order valence-corrected chi connectivity index (χ3v) is 5.36. The van der Waals surface area contributed by atoms with Crippen LogP contribution < -0.4 is 10.2 Å². The lowest BCUT2D eigenvalue weighted by Crippen LogP contribution is -2.21. The Labute approximate surface area is 125 Å². The maximum Gasteiger partial charge on any atom is 0.161 e. The Balaban J connectivity index is 1.58. The molecule has 0 saturated heterocycles. The molecule has 1 aromatic carbocycles. The van der Waals surface area contributed by atoms with Crippen LogP contribution in [0.4, 0.5) is 11.4 Å². The fourth-order valence-corrected chi connectivity index (χ4v) is 3.87. The lowest BCUT2D eigenvalue weighted by Gasteiger charge is -2.21. The maximum absolute atomic E-state index is 4.62. The fraction of sp³-hybridized carbons (Fsp3) is 0.562. The predicted octanol–water partition coefficient (Wildman–Crippen LogP) is 3.83. The van der Waals surface area contributed by atoms with E-state index in [-0.39, 0.29) is 0 Å². The molecule has 0 aromatic heterocycles. The number of anilines is 2. The van der Waals surface area contributed by atoms with Gasteiger partial charge in [0.25, 0.3) is 0 Å². The molecule has 1 atom stereocenters. The molecule has 3 rings (SSSR count). The van der Waals surface area contributed by atoms with Gasteiger partial charge in [-0.05, 0) is 56.9 Å². The monoisotopic (exact) mass is 289 g/mol. The topological polar surface area (TPSA) is 27.6 Å². The number of hydrogen-bond donors (Lipinski definition) is 1. The zero-order chi connectivity index (χ0) is 13.9. The number of amidine groups is 1. The van der Waals surface area contributed by atoms with Crippen LogP contribution in [0.3, 0.4) is 0 Å². The summed E-state index contributed by atoms with van der Waals surface area (Å²) in [6, 6.07) is 8.68. The average Bonchev–Trinajstić information content (AvgIpc) is 3.23. The van der Waals surface area contributed by atoms with Crippen molar-refractivity contribution in [2.45, 2.75) is 31.9 Å². The summed E-state index contributed by atoms with van der Waals surface area (Å²) in [7, 11) is 0. The van der Waals surface area contributed by atoms with Gasteiger partial charge in [0.2, 0.25) is 0 Å². The van der Waals surface area contributed by atoms with Crippen LogP contribution in [-0.2, 0) is 0 Å². The molecule has 1 aliphatic heterocycles. The van der Waals surface area contributed by atoms with Crippen molar-refractivity contribution in [1.29, 1.82) is 0 Å². The van der Waals surface area contributed by atoms with E-state index < -0.39 is 0 Å². The molecule has 0 spiro atoms. The van der Waals surface area contributed by atoms with E-state index in [0.29, 0.717) is 0 Å². The van der Waals surface area contributed by atoms with Gasteiger partial charge in [0, 0.05) is 29.7 Å². The molecule has 4 heteroatoms. The molecule has 1 saturated carbocycles. The van der Waals surface area contributed by atoms with Gasteiger partial charge in [0.15, 0.2) is 5.17 Å². The van der Waals surface area contributed by atoms with Crippen molar-refractivity contribution in [2.24, 2.45) is 10.9 Å². The third-order valence-electron chi connectivity index (χ3n) is 4.07. The molecular weight excluding hydrogens is 266 g/mol. The SMILES string of the molecule is CCN(CC)c1ccc(NC2=NCC(C3CC3)S2)cc1. The fourth-order valence-electron chi connectivity index (χ4n) is 2.64. The molecule has 3 nitrogen and oxygen atoms in total. The Morgan fingerprint density at radius 2 is 1.90 bits per heavy atom. The van der Waals surface area contributed by atoms with Crippen LogP contribution in [-0.4, -0.2) is 30.1 Å². The Bertz CT molecular complexity index is 475. The Kier molecular flexibility index (Phi) is 4.20. The number of benzene rings is 1. The van der Waals surface area contributed by atoms with Gasteiger partial charge in [-0.2, -0.15) is 0 Å². The summed E-state index contributed by atoms with van der Waals surface area (Å²) in [6.07, 6.45) is 2.80. The number of nitrogens with zero attached hydrogens (tertiary/aromatic N) is 2. The second kappa shape index (κ2) is 6.08. The third kappa shape index (κ3) is 3.11. The van der Waals surface area contributed by atoms with Crippen molar-refractivity contribution in [3.63, 3.8) is 0 Å². The molecule has 0 bridgehead atoms. The molecule has 0 amide bonds. The zero-order valence-electron chi connectivity index (χ0n) is 12.3. The molecular formula is C16H23N3S.